The Morgan fingerprint density at radius 2 is 1.66 bits per heavy atom. The standard InChI is InChI=1S/C23H30N2O2S2/c26-29(27,25-14-16-28-23-9-5-4-8-22(23)19-25)17-15-24-12-10-21(11-13-24)18-20-6-2-1-3-7-20/h1-9,21H,10-19H2. The Hall–Kier alpha value is -1.34. The van der Waals surface area contributed by atoms with Crippen LogP contribution in [0.3, 0.4) is 0 Å². The van der Waals surface area contributed by atoms with E-state index in [4.69, 9.17) is 0 Å². The number of rotatable bonds is 6. The SMILES string of the molecule is O=S(=O)(CCN1CCC(Cc2ccccc2)CC1)N1CCSc2ccccc2C1. The molecule has 2 aromatic rings. The summed E-state index contributed by atoms with van der Waals surface area (Å²) in [7, 11) is -3.23. The minimum absolute atomic E-state index is 0.225. The highest BCUT2D eigenvalue weighted by atomic mass is 32.2. The van der Waals surface area contributed by atoms with E-state index in [1.165, 1.54) is 10.5 Å². The van der Waals surface area contributed by atoms with Crippen molar-refractivity contribution in [1.82, 2.24) is 9.21 Å². The van der Waals surface area contributed by atoms with E-state index in [0.29, 0.717) is 25.6 Å². The Morgan fingerprint density at radius 1 is 0.931 bits per heavy atom. The third-order valence-electron chi connectivity index (χ3n) is 6.05. The molecular weight excluding hydrogens is 400 g/mol. The number of fused-ring (bicyclic) bond motifs is 1. The largest absolute Gasteiger partial charge is 0.302 e. The van der Waals surface area contributed by atoms with Crippen molar-refractivity contribution in [3.63, 3.8) is 0 Å². The fraction of sp³-hybridized carbons (Fsp3) is 0.478. The van der Waals surface area contributed by atoms with Gasteiger partial charge in [-0.1, -0.05) is 48.5 Å². The average Bonchev–Trinajstić information content (AvgIpc) is 2.97. The van der Waals surface area contributed by atoms with Gasteiger partial charge < -0.3 is 4.90 Å². The van der Waals surface area contributed by atoms with Crippen LogP contribution >= 0.6 is 11.8 Å². The Morgan fingerprint density at radius 3 is 2.45 bits per heavy atom. The van der Waals surface area contributed by atoms with Crippen LogP contribution in [-0.2, 0) is 23.0 Å². The predicted octanol–water partition coefficient (Wildman–Crippen LogP) is 3.88. The molecule has 0 unspecified atom stereocenters. The Kier molecular flexibility index (Phi) is 6.96. The number of thioether (sulfide) groups is 1. The summed E-state index contributed by atoms with van der Waals surface area (Å²) in [5.74, 6) is 1.76. The maximum Gasteiger partial charge on any atom is 0.215 e. The molecule has 2 aliphatic heterocycles. The summed E-state index contributed by atoms with van der Waals surface area (Å²) >= 11 is 1.76. The second-order valence-electron chi connectivity index (χ2n) is 8.08. The van der Waals surface area contributed by atoms with E-state index in [-0.39, 0.29) is 5.75 Å². The molecule has 0 bridgehead atoms. The summed E-state index contributed by atoms with van der Waals surface area (Å²) in [5.41, 5.74) is 2.54. The van der Waals surface area contributed by atoms with Crippen LogP contribution in [0.25, 0.3) is 0 Å². The molecule has 2 aliphatic rings. The molecule has 1 fully saturated rings. The first kappa shape index (κ1) is 20.9. The molecule has 0 N–H and O–H groups in total. The van der Waals surface area contributed by atoms with Crippen LogP contribution in [0.5, 0.6) is 0 Å². The van der Waals surface area contributed by atoms with Crippen molar-refractivity contribution in [3.8, 4) is 0 Å². The fourth-order valence-corrected chi connectivity index (χ4v) is 6.87. The number of hydrogen-bond acceptors (Lipinski definition) is 4. The van der Waals surface area contributed by atoms with Crippen molar-refractivity contribution < 1.29 is 8.42 Å². The molecule has 0 saturated carbocycles. The van der Waals surface area contributed by atoms with Crippen molar-refractivity contribution >= 4 is 21.8 Å². The van der Waals surface area contributed by atoms with Crippen molar-refractivity contribution in [2.45, 2.75) is 30.7 Å². The summed E-state index contributed by atoms with van der Waals surface area (Å²) in [6.07, 6.45) is 3.45. The van der Waals surface area contributed by atoms with E-state index in [1.807, 2.05) is 18.2 Å². The van der Waals surface area contributed by atoms with Crippen LogP contribution in [-0.4, -0.2) is 55.3 Å². The average molecular weight is 431 g/mol. The van der Waals surface area contributed by atoms with Gasteiger partial charge in [0.25, 0.3) is 0 Å². The first-order chi connectivity index (χ1) is 14.1. The number of benzene rings is 2. The van der Waals surface area contributed by atoms with Gasteiger partial charge in [-0.05, 0) is 55.5 Å². The topological polar surface area (TPSA) is 40.6 Å². The van der Waals surface area contributed by atoms with Gasteiger partial charge in [0.05, 0.1) is 5.75 Å². The van der Waals surface area contributed by atoms with Gasteiger partial charge in [0.15, 0.2) is 0 Å². The van der Waals surface area contributed by atoms with E-state index < -0.39 is 10.0 Å². The lowest BCUT2D eigenvalue weighted by Crippen LogP contribution is -2.41. The molecule has 6 heteroatoms. The third-order valence-corrected chi connectivity index (χ3v) is 8.94. The molecule has 0 aliphatic carbocycles. The summed E-state index contributed by atoms with van der Waals surface area (Å²) in [4.78, 5) is 3.55. The zero-order chi connectivity index (χ0) is 20.1. The molecule has 2 aromatic carbocycles. The highest BCUT2D eigenvalue weighted by Crippen LogP contribution is 2.28. The Bertz CT molecular complexity index is 894. The normalized spacial score (nSPS) is 19.6. The van der Waals surface area contributed by atoms with Crippen molar-refractivity contribution in [2.75, 3.05) is 37.7 Å². The fourth-order valence-electron chi connectivity index (χ4n) is 4.27. The van der Waals surface area contributed by atoms with Crippen molar-refractivity contribution in [2.24, 2.45) is 5.92 Å². The zero-order valence-corrected chi connectivity index (χ0v) is 18.5. The minimum atomic E-state index is -3.23. The van der Waals surface area contributed by atoms with Gasteiger partial charge >= 0.3 is 0 Å². The predicted molar refractivity (Wildman–Crippen MR) is 121 cm³/mol. The van der Waals surface area contributed by atoms with Gasteiger partial charge in [0.2, 0.25) is 10.0 Å². The summed E-state index contributed by atoms with van der Waals surface area (Å²) in [6, 6.07) is 18.8. The van der Waals surface area contributed by atoms with Gasteiger partial charge in [0.1, 0.15) is 0 Å². The number of piperidine rings is 1. The summed E-state index contributed by atoms with van der Waals surface area (Å²) < 4.78 is 27.7. The molecule has 0 atom stereocenters. The lowest BCUT2D eigenvalue weighted by molar-refractivity contribution is 0.192. The first-order valence-electron chi connectivity index (χ1n) is 10.5. The van der Waals surface area contributed by atoms with Crippen LogP contribution < -0.4 is 0 Å². The molecule has 1 saturated heterocycles. The van der Waals surface area contributed by atoms with E-state index in [9.17, 15) is 8.42 Å². The van der Waals surface area contributed by atoms with E-state index >= 15 is 0 Å². The van der Waals surface area contributed by atoms with E-state index in [0.717, 1.165) is 43.7 Å². The second-order valence-corrected chi connectivity index (χ2v) is 11.3. The molecule has 4 nitrogen and oxygen atoms in total. The van der Waals surface area contributed by atoms with Crippen LogP contribution in [0, 0.1) is 5.92 Å². The lowest BCUT2D eigenvalue weighted by atomic mass is 9.90. The minimum Gasteiger partial charge on any atom is -0.302 e. The zero-order valence-electron chi connectivity index (χ0n) is 16.9. The highest BCUT2D eigenvalue weighted by Gasteiger charge is 2.27. The Balaban J connectivity index is 1.27. The maximum absolute atomic E-state index is 13.0. The third kappa shape index (κ3) is 5.63. The molecule has 4 rings (SSSR count). The lowest BCUT2D eigenvalue weighted by Gasteiger charge is -2.32. The molecular formula is C23H30N2O2S2. The van der Waals surface area contributed by atoms with E-state index in [2.05, 4.69) is 41.3 Å². The van der Waals surface area contributed by atoms with Crippen LogP contribution in [0.4, 0.5) is 0 Å². The van der Waals surface area contributed by atoms with Crippen LogP contribution in [0.15, 0.2) is 59.5 Å². The van der Waals surface area contributed by atoms with Gasteiger partial charge in [-0.2, -0.15) is 4.31 Å². The quantitative estimate of drug-likeness (QED) is 0.697. The van der Waals surface area contributed by atoms with Gasteiger partial charge in [-0.3, -0.25) is 0 Å². The second kappa shape index (κ2) is 9.65. The highest BCUT2D eigenvalue weighted by molar-refractivity contribution is 7.99. The molecule has 0 aromatic heterocycles. The maximum atomic E-state index is 13.0. The molecule has 156 valence electrons. The molecule has 29 heavy (non-hydrogen) atoms. The van der Waals surface area contributed by atoms with Crippen LogP contribution in [0.2, 0.25) is 0 Å². The van der Waals surface area contributed by atoms with E-state index in [1.54, 1.807) is 16.1 Å². The smallest absolute Gasteiger partial charge is 0.215 e. The van der Waals surface area contributed by atoms with Gasteiger partial charge in [0, 0.05) is 30.3 Å². The molecule has 0 spiro atoms. The monoisotopic (exact) mass is 430 g/mol. The number of nitrogens with zero attached hydrogens (tertiary/aromatic N) is 2. The van der Waals surface area contributed by atoms with Crippen molar-refractivity contribution in [1.29, 1.82) is 0 Å². The number of hydrogen-bond donors (Lipinski definition) is 0. The van der Waals surface area contributed by atoms with Gasteiger partial charge in [-0.25, -0.2) is 8.42 Å². The van der Waals surface area contributed by atoms with Crippen LogP contribution in [0.1, 0.15) is 24.0 Å². The molecule has 0 radical (unpaired) electrons. The van der Waals surface area contributed by atoms with Crippen molar-refractivity contribution in [3.05, 3.63) is 65.7 Å². The number of likely N-dealkylation sites (tertiary alicyclic amines) is 1. The first-order valence-corrected chi connectivity index (χ1v) is 13.1. The summed E-state index contributed by atoms with van der Waals surface area (Å²) in [5, 5.41) is 0. The van der Waals surface area contributed by atoms with Gasteiger partial charge in [-0.15, -0.1) is 11.8 Å². The summed E-state index contributed by atoms with van der Waals surface area (Å²) in [6.45, 7) is 3.76. The molecule has 0 amide bonds. The molecule has 2 heterocycles. The number of sulfonamides is 1. The Labute approximate surface area is 179 Å².